The zero-order chi connectivity index (χ0) is 25.2. The van der Waals surface area contributed by atoms with E-state index < -0.39 is 14.6 Å². The maximum Gasteiger partial charge on any atom is 0.167 e. The van der Waals surface area contributed by atoms with E-state index in [2.05, 4.69) is 4.90 Å². The van der Waals surface area contributed by atoms with E-state index in [0.29, 0.717) is 37.6 Å². The van der Waals surface area contributed by atoms with Crippen LogP contribution in [0.25, 0.3) is 0 Å². The molecule has 0 bridgehead atoms. The van der Waals surface area contributed by atoms with E-state index >= 15 is 0 Å². The van der Waals surface area contributed by atoms with Crippen LogP contribution in [0.3, 0.4) is 0 Å². The molecule has 0 unspecified atom stereocenters. The first-order valence-electron chi connectivity index (χ1n) is 11.9. The number of nitrogens with zero attached hydrogens (tertiary/aromatic N) is 1. The minimum atomic E-state index is -3.26. The SMILES string of the molecule is CCOCCN(CCOCC)c1ccc(CC(=O)c2ccc(CS(=O)(=O)C(C)(C)C)cc2)cc1. The summed E-state index contributed by atoms with van der Waals surface area (Å²) in [5, 5.41) is 0. The van der Waals surface area contributed by atoms with E-state index in [-0.39, 0.29) is 18.0 Å². The van der Waals surface area contributed by atoms with Crippen LogP contribution in [-0.2, 0) is 31.5 Å². The van der Waals surface area contributed by atoms with Crippen LogP contribution in [0.5, 0.6) is 0 Å². The van der Waals surface area contributed by atoms with Gasteiger partial charge in [0.15, 0.2) is 15.6 Å². The zero-order valence-corrected chi connectivity index (χ0v) is 22.0. The quantitative estimate of drug-likeness (QED) is 0.283. The fourth-order valence-corrected chi connectivity index (χ4v) is 4.41. The van der Waals surface area contributed by atoms with Crippen molar-refractivity contribution in [1.82, 2.24) is 0 Å². The Morgan fingerprint density at radius 2 is 1.32 bits per heavy atom. The minimum absolute atomic E-state index is 0.00234. The molecule has 0 fully saturated rings. The van der Waals surface area contributed by atoms with Crippen molar-refractivity contribution in [2.24, 2.45) is 0 Å². The number of carbonyl (C=O) groups excluding carboxylic acids is 1. The molecule has 0 aliphatic heterocycles. The molecule has 0 saturated carbocycles. The van der Waals surface area contributed by atoms with Crippen molar-refractivity contribution in [3.8, 4) is 0 Å². The Morgan fingerprint density at radius 1 is 0.824 bits per heavy atom. The molecule has 7 heteroatoms. The van der Waals surface area contributed by atoms with Gasteiger partial charge in [-0.2, -0.15) is 0 Å². The molecule has 0 radical (unpaired) electrons. The van der Waals surface area contributed by atoms with Crippen molar-refractivity contribution in [2.45, 2.75) is 51.5 Å². The average Bonchev–Trinajstić information content (AvgIpc) is 2.78. The Labute approximate surface area is 205 Å². The van der Waals surface area contributed by atoms with E-state index in [1.165, 1.54) is 0 Å². The Kier molecular flexibility index (Phi) is 10.7. The molecule has 0 amide bonds. The Balaban J connectivity index is 2.01. The normalized spacial score (nSPS) is 12.0. The van der Waals surface area contributed by atoms with Gasteiger partial charge in [-0.15, -0.1) is 0 Å². The molecule has 2 rings (SSSR count). The molecule has 188 valence electrons. The molecule has 0 aromatic heterocycles. The van der Waals surface area contributed by atoms with Gasteiger partial charge >= 0.3 is 0 Å². The third kappa shape index (κ3) is 8.53. The topological polar surface area (TPSA) is 72.9 Å². The summed E-state index contributed by atoms with van der Waals surface area (Å²) in [7, 11) is -3.26. The van der Waals surface area contributed by atoms with E-state index in [1.807, 2.05) is 38.1 Å². The number of ether oxygens (including phenoxy) is 2. The van der Waals surface area contributed by atoms with Crippen LogP contribution in [-0.4, -0.2) is 58.5 Å². The fraction of sp³-hybridized carbons (Fsp3) is 0.519. The Bertz CT molecular complexity index is 983. The van der Waals surface area contributed by atoms with Crippen LogP contribution >= 0.6 is 0 Å². The molecule has 34 heavy (non-hydrogen) atoms. The highest BCUT2D eigenvalue weighted by Crippen LogP contribution is 2.21. The molecule has 0 aliphatic rings. The highest BCUT2D eigenvalue weighted by atomic mass is 32.2. The van der Waals surface area contributed by atoms with Gasteiger partial charge in [0.1, 0.15) is 0 Å². The van der Waals surface area contributed by atoms with Crippen LogP contribution in [0.4, 0.5) is 5.69 Å². The number of hydrogen-bond acceptors (Lipinski definition) is 6. The largest absolute Gasteiger partial charge is 0.380 e. The van der Waals surface area contributed by atoms with Gasteiger partial charge in [-0.1, -0.05) is 36.4 Å². The van der Waals surface area contributed by atoms with Gasteiger partial charge in [-0.3, -0.25) is 4.79 Å². The first-order valence-corrected chi connectivity index (χ1v) is 13.6. The second-order valence-electron chi connectivity index (χ2n) is 9.22. The Hall–Kier alpha value is -2.22. The van der Waals surface area contributed by atoms with E-state index in [4.69, 9.17) is 9.47 Å². The molecule has 2 aromatic carbocycles. The van der Waals surface area contributed by atoms with Crippen molar-refractivity contribution in [1.29, 1.82) is 0 Å². The van der Waals surface area contributed by atoms with Crippen molar-refractivity contribution < 1.29 is 22.7 Å². The zero-order valence-electron chi connectivity index (χ0n) is 21.2. The van der Waals surface area contributed by atoms with Gasteiger partial charge in [0.2, 0.25) is 0 Å². The predicted molar refractivity (Wildman–Crippen MR) is 138 cm³/mol. The third-order valence-electron chi connectivity index (χ3n) is 5.65. The van der Waals surface area contributed by atoms with E-state index in [1.54, 1.807) is 45.0 Å². The lowest BCUT2D eigenvalue weighted by molar-refractivity contribution is 0.0993. The van der Waals surface area contributed by atoms with Gasteiger partial charge in [0, 0.05) is 44.0 Å². The minimum Gasteiger partial charge on any atom is -0.380 e. The number of carbonyl (C=O) groups is 1. The molecular formula is C27H39NO5S. The monoisotopic (exact) mass is 489 g/mol. The van der Waals surface area contributed by atoms with Crippen LogP contribution in [0.2, 0.25) is 0 Å². The van der Waals surface area contributed by atoms with Gasteiger partial charge in [0.05, 0.1) is 23.7 Å². The molecular weight excluding hydrogens is 450 g/mol. The lowest BCUT2D eigenvalue weighted by Gasteiger charge is -2.25. The summed E-state index contributed by atoms with van der Waals surface area (Å²) in [6, 6.07) is 14.9. The summed E-state index contributed by atoms with van der Waals surface area (Å²) in [5.41, 5.74) is 3.27. The number of benzene rings is 2. The number of Topliss-reactive ketones (excluding diaryl/α,β-unsaturated/α-hetero) is 1. The predicted octanol–water partition coefficient (Wildman–Crippen LogP) is 4.70. The molecule has 0 aliphatic carbocycles. The number of ketones is 1. The van der Waals surface area contributed by atoms with E-state index in [9.17, 15) is 13.2 Å². The second-order valence-corrected chi connectivity index (χ2v) is 12.0. The first kappa shape index (κ1) is 28.0. The number of rotatable bonds is 14. The highest BCUT2D eigenvalue weighted by Gasteiger charge is 2.28. The summed E-state index contributed by atoms with van der Waals surface area (Å²) in [4.78, 5) is 15.0. The molecule has 0 spiro atoms. The highest BCUT2D eigenvalue weighted by molar-refractivity contribution is 7.91. The van der Waals surface area contributed by atoms with Crippen LogP contribution in [0.1, 0.15) is 56.1 Å². The van der Waals surface area contributed by atoms with Crippen LogP contribution < -0.4 is 4.90 Å². The standard InChI is InChI=1S/C27H39NO5S/c1-6-32-18-16-28(17-19-33-7-2)25-14-10-22(11-15-25)20-26(29)24-12-8-23(9-13-24)21-34(30,31)27(3,4)5/h8-15H,6-7,16-21H2,1-5H3. The van der Waals surface area contributed by atoms with Gasteiger partial charge in [-0.25, -0.2) is 8.42 Å². The van der Waals surface area contributed by atoms with Crippen molar-refractivity contribution in [3.63, 3.8) is 0 Å². The molecule has 2 aromatic rings. The number of anilines is 1. The van der Waals surface area contributed by atoms with Crippen LogP contribution in [0.15, 0.2) is 48.5 Å². The maximum absolute atomic E-state index is 12.8. The molecule has 0 N–H and O–H groups in total. The third-order valence-corrected chi connectivity index (χ3v) is 8.23. The fourth-order valence-electron chi connectivity index (χ4n) is 3.34. The Morgan fingerprint density at radius 3 is 1.79 bits per heavy atom. The first-order chi connectivity index (χ1) is 16.1. The lowest BCUT2D eigenvalue weighted by atomic mass is 10.0. The molecule has 0 saturated heterocycles. The average molecular weight is 490 g/mol. The van der Waals surface area contributed by atoms with Crippen LogP contribution in [0, 0.1) is 0 Å². The van der Waals surface area contributed by atoms with Crippen molar-refractivity contribution in [2.75, 3.05) is 44.4 Å². The summed E-state index contributed by atoms with van der Waals surface area (Å²) in [6.07, 6.45) is 0.289. The van der Waals surface area contributed by atoms with Gasteiger partial charge in [0.25, 0.3) is 0 Å². The number of sulfone groups is 1. The number of hydrogen-bond donors (Lipinski definition) is 0. The van der Waals surface area contributed by atoms with Crippen molar-refractivity contribution >= 4 is 21.3 Å². The van der Waals surface area contributed by atoms with Gasteiger partial charge < -0.3 is 14.4 Å². The second kappa shape index (κ2) is 13.0. The summed E-state index contributed by atoms with van der Waals surface area (Å²) < 4.78 is 35.0. The summed E-state index contributed by atoms with van der Waals surface area (Å²) >= 11 is 0. The summed E-state index contributed by atoms with van der Waals surface area (Å²) in [5.74, 6) is -0.0299. The smallest absolute Gasteiger partial charge is 0.167 e. The maximum atomic E-state index is 12.8. The van der Waals surface area contributed by atoms with Gasteiger partial charge in [-0.05, 0) is 57.9 Å². The van der Waals surface area contributed by atoms with Crippen molar-refractivity contribution in [3.05, 3.63) is 65.2 Å². The summed E-state index contributed by atoms with van der Waals surface area (Å²) in [6.45, 7) is 13.3. The lowest BCUT2D eigenvalue weighted by Crippen LogP contribution is -2.31. The van der Waals surface area contributed by atoms with E-state index in [0.717, 1.165) is 24.3 Å². The molecule has 0 atom stereocenters. The molecule has 0 heterocycles. The molecule has 6 nitrogen and oxygen atoms in total.